The number of morpholine rings is 1. The van der Waals surface area contributed by atoms with Crippen LogP contribution in [0.5, 0.6) is 0 Å². The zero-order valence-electron chi connectivity index (χ0n) is 12.3. The fraction of sp³-hybridized carbons (Fsp3) is 0.714. The first-order valence-electron chi connectivity index (χ1n) is 7.21. The first-order chi connectivity index (χ1) is 9.64. The minimum absolute atomic E-state index is 0.00151. The van der Waals surface area contributed by atoms with E-state index in [2.05, 4.69) is 29.2 Å². The third-order valence-corrected chi connectivity index (χ3v) is 4.07. The Hall–Kier alpha value is -1.40. The van der Waals surface area contributed by atoms with Crippen molar-refractivity contribution in [1.82, 2.24) is 20.0 Å². The minimum atomic E-state index is -0.0104. The molecule has 0 aliphatic carbocycles. The van der Waals surface area contributed by atoms with E-state index in [0.29, 0.717) is 6.54 Å². The van der Waals surface area contributed by atoms with E-state index in [1.165, 1.54) is 0 Å². The molecule has 2 heterocycles. The second kappa shape index (κ2) is 6.85. The van der Waals surface area contributed by atoms with Crippen LogP contribution >= 0.6 is 0 Å². The van der Waals surface area contributed by atoms with Crippen LogP contribution in [0.25, 0.3) is 0 Å². The van der Waals surface area contributed by atoms with Crippen molar-refractivity contribution in [2.75, 3.05) is 32.8 Å². The molecule has 1 N–H and O–H groups in total. The van der Waals surface area contributed by atoms with Crippen LogP contribution in [0.3, 0.4) is 0 Å². The highest BCUT2D eigenvalue weighted by atomic mass is 16.5. The molecule has 20 heavy (non-hydrogen) atoms. The van der Waals surface area contributed by atoms with Crippen LogP contribution in [0, 0.1) is 0 Å². The molecule has 1 aromatic rings. The molecule has 6 nitrogen and oxygen atoms in total. The molecule has 0 saturated carbocycles. The van der Waals surface area contributed by atoms with E-state index in [0.717, 1.165) is 32.7 Å². The lowest BCUT2D eigenvalue weighted by atomic mass is 9.95. The molecule has 1 saturated heterocycles. The van der Waals surface area contributed by atoms with Gasteiger partial charge in [-0.2, -0.15) is 5.10 Å². The van der Waals surface area contributed by atoms with Crippen LogP contribution in [-0.4, -0.2) is 59.0 Å². The summed E-state index contributed by atoms with van der Waals surface area (Å²) in [4.78, 5) is 14.3. The number of nitrogens with one attached hydrogen (secondary N) is 1. The van der Waals surface area contributed by atoms with E-state index in [4.69, 9.17) is 4.74 Å². The lowest BCUT2D eigenvalue weighted by Gasteiger charge is -2.43. The van der Waals surface area contributed by atoms with Crippen LogP contribution < -0.4 is 5.32 Å². The molecule has 1 aromatic heterocycles. The molecule has 1 atom stereocenters. The predicted octanol–water partition coefficient (Wildman–Crippen LogP) is 0.500. The van der Waals surface area contributed by atoms with Gasteiger partial charge in [0.05, 0.1) is 13.2 Å². The van der Waals surface area contributed by atoms with Gasteiger partial charge in [0.1, 0.15) is 6.54 Å². The first-order valence-corrected chi connectivity index (χ1v) is 7.21. The Labute approximate surface area is 120 Å². The molecule has 1 aliphatic heterocycles. The number of hydrogen-bond acceptors (Lipinski definition) is 4. The molecule has 1 fully saturated rings. The van der Waals surface area contributed by atoms with Crippen LogP contribution in [-0.2, 0) is 16.1 Å². The highest BCUT2D eigenvalue weighted by molar-refractivity contribution is 5.75. The van der Waals surface area contributed by atoms with E-state index >= 15 is 0 Å². The molecule has 112 valence electrons. The van der Waals surface area contributed by atoms with Gasteiger partial charge >= 0.3 is 0 Å². The molecule has 1 amide bonds. The third-order valence-electron chi connectivity index (χ3n) is 4.07. The SMILES string of the molecule is CC[C@](C)(CNC(=O)Cn1cccn1)N1CCOCC1. The second-order valence-corrected chi connectivity index (χ2v) is 5.43. The molecular weight excluding hydrogens is 256 g/mol. The summed E-state index contributed by atoms with van der Waals surface area (Å²) in [6.07, 6.45) is 4.47. The van der Waals surface area contributed by atoms with Gasteiger partial charge in [-0.05, 0) is 19.4 Å². The number of amides is 1. The van der Waals surface area contributed by atoms with Crippen molar-refractivity contribution in [2.24, 2.45) is 0 Å². The number of carbonyl (C=O) groups excluding carboxylic acids is 1. The van der Waals surface area contributed by atoms with Crippen molar-refractivity contribution in [1.29, 1.82) is 0 Å². The van der Waals surface area contributed by atoms with E-state index in [-0.39, 0.29) is 18.0 Å². The summed E-state index contributed by atoms with van der Waals surface area (Å²) in [6, 6.07) is 1.82. The Morgan fingerprint density at radius 1 is 1.45 bits per heavy atom. The summed E-state index contributed by atoms with van der Waals surface area (Å²) in [6.45, 7) is 8.70. The van der Waals surface area contributed by atoms with Gasteiger partial charge < -0.3 is 10.1 Å². The summed E-state index contributed by atoms with van der Waals surface area (Å²) in [5.74, 6) is 0.00151. The van der Waals surface area contributed by atoms with Gasteiger partial charge in [-0.3, -0.25) is 14.4 Å². The Balaban J connectivity index is 1.84. The van der Waals surface area contributed by atoms with E-state index in [9.17, 15) is 4.79 Å². The van der Waals surface area contributed by atoms with Crippen LogP contribution in [0.1, 0.15) is 20.3 Å². The summed E-state index contributed by atoms with van der Waals surface area (Å²) < 4.78 is 7.03. The Morgan fingerprint density at radius 2 is 2.20 bits per heavy atom. The van der Waals surface area contributed by atoms with Gasteiger partial charge in [-0.25, -0.2) is 0 Å². The molecule has 0 radical (unpaired) electrons. The average molecular weight is 280 g/mol. The maximum atomic E-state index is 11.9. The summed E-state index contributed by atoms with van der Waals surface area (Å²) >= 11 is 0. The van der Waals surface area contributed by atoms with Crippen molar-refractivity contribution < 1.29 is 9.53 Å². The van der Waals surface area contributed by atoms with Crippen LogP contribution in [0.2, 0.25) is 0 Å². The van der Waals surface area contributed by atoms with Gasteiger partial charge in [0, 0.05) is 37.6 Å². The van der Waals surface area contributed by atoms with Crippen molar-refractivity contribution in [3.8, 4) is 0 Å². The van der Waals surface area contributed by atoms with Crippen molar-refractivity contribution >= 4 is 5.91 Å². The van der Waals surface area contributed by atoms with Gasteiger partial charge in [-0.1, -0.05) is 6.92 Å². The Kier molecular flexibility index (Phi) is 5.14. The van der Waals surface area contributed by atoms with E-state index in [1.807, 2.05) is 6.07 Å². The van der Waals surface area contributed by atoms with Crippen LogP contribution in [0.15, 0.2) is 18.5 Å². The highest BCUT2D eigenvalue weighted by Crippen LogP contribution is 2.19. The van der Waals surface area contributed by atoms with Crippen LogP contribution in [0.4, 0.5) is 0 Å². The zero-order valence-corrected chi connectivity index (χ0v) is 12.3. The van der Waals surface area contributed by atoms with Crippen molar-refractivity contribution in [3.63, 3.8) is 0 Å². The highest BCUT2D eigenvalue weighted by Gasteiger charge is 2.31. The summed E-state index contributed by atoms with van der Waals surface area (Å²) in [5.41, 5.74) is -0.0104. The van der Waals surface area contributed by atoms with Gasteiger partial charge in [0.2, 0.25) is 5.91 Å². The van der Waals surface area contributed by atoms with Gasteiger partial charge in [0.25, 0.3) is 0 Å². The molecular formula is C14H24N4O2. The topological polar surface area (TPSA) is 59.4 Å². The van der Waals surface area contributed by atoms with Gasteiger partial charge in [-0.15, -0.1) is 0 Å². The molecule has 0 unspecified atom stereocenters. The average Bonchev–Trinajstić information content (AvgIpc) is 2.98. The maximum Gasteiger partial charge on any atom is 0.241 e. The molecule has 6 heteroatoms. The zero-order chi connectivity index (χ0) is 14.4. The number of nitrogens with zero attached hydrogens (tertiary/aromatic N) is 3. The second-order valence-electron chi connectivity index (χ2n) is 5.43. The Bertz CT molecular complexity index is 415. The molecule has 1 aliphatic rings. The summed E-state index contributed by atoms with van der Waals surface area (Å²) in [7, 11) is 0. The largest absolute Gasteiger partial charge is 0.379 e. The quantitative estimate of drug-likeness (QED) is 0.824. The van der Waals surface area contributed by atoms with Crippen molar-refractivity contribution in [2.45, 2.75) is 32.4 Å². The van der Waals surface area contributed by atoms with E-state index in [1.54, 1.807) is 17.1 Å². The lowest BCUT2D eigenvalue weighted by Crippen LogP contribution is -2.57. The maximum absolute atomic E-state index is 11.9. The lowest BCUT2D eigenvalue weighted by molar-refractivity contribution is -0.122. The predicted molar refractivity (Wildman–Crippen MR) is 76.3 cm³/mol. The summed E-state index contributed by atoms with van der Waals surface area (Å²) in [5, 5.41) is 7.07. The minimum Gasteiger partial charge on any atom is -0.379 e. The standard InChI is InChI=1S/C14H24N4O2/c1-3-14(2,17-7-9-20-10-8-17)12-15-13(19)11-18-6-4-5-16-18/h4-6H,3,7-12H2,1-2H3,(H,15,19)/t14-/m1/s1. The number of aromatic nitrogens is 2. The number of ether oxygens (including phenoxy) is 1. The monoisotopic (exact) mass is 280 g/mol. The smallest absolute Gasteiger partial charge is 0.241 e. The fourth-order valence-corrected chi connectivity index (χ4v) is 2.45. The first kappa shape index (κ1) is 15.0. The molecule has 2 rings (SSSR count). The number of rotatable bonds is 6. The molecule has 0 aromatic carbocycles. The third kappa shape index (κ3) is 3.80. The Morgan fingerprint density at radius 3 is 2.80 bits per heavy atom. The number of hydrogen-bond donors (Lipinski definition) is 1. The van der Waals surface area contributed by atoms with Gasteiger partial charge in [0.15, 0.2) is 0 Å². The van der Waals surface area contributed by atoms with E-state index < -0.39 is 0 Å². The fourth-order valence-electron chi connectivity index (χ4n) is 2.45. The van der Waals surface area contributed by atoms with Crippen molar-refractivity contribution in [3.05, 3.63) is 18.5 Å². The number of carbonyl (C=O) groups is 1. The molecule has 0 spiro atoms. The normalized spacial score (nSPS) is 19.5. The molecule has 0 bridgehead atoms.